The minimum Gasteiger partial charge on any atom is -0.493 e. The molecule has 0 aliphatic rings. The van der Waals surface area contributed by atoms with Crippen molar-refractivity contribution >= 4 is 0 Å². The highest BCUT2D eigenvalue weighted by Crippen LogP contribution is 2.25. The summed E-state index contributed by atoms with van der Waals surface area (Å²) in [6.45, 7) is 8.66. The number of rotatable bonds is 8. The van der Waals surface area contributed by atoms with Crippen LogP contribution < -0.4 is 10.5 Å². The smallest absolute Gasteiger partial charge is 0.125 e. The molecule has 1 atom stereocenters. The Morgan fingerprint density at radius 2 is 2.22 bits per heavy atom. The molecule has 1 aromatic carbocycles. The Balaban J connectivity index is 2.70. The maximum atomic E-state index is 6.03. The van der Waals surface area contributed by atoms with Crippen molar-refractivity contribution in [3.63, 3.8) is 0 Å². The van der Waals surface area contributed by atoms with Crippen LogP contribution in [0, 0.1) is 6.92 Å². The third kappa shape index (κ3) is 4.53. The van der Waals surface area contributed by atoms with Crippen molar-refractivity contribution in [1.29, 1.82) is 0 Å². The van der Waals surface area contributed by atoms with Crippen LogP contribution in [0.2, 0.25) is 0 Å². The Bertz CT molecular complexity index is 373. The lowest BCUT2D eigenvalue weighted by atomic mass is 10.0. The SMILES string of the molecule is C=CCCCOc1c(C)cccc1CC(N)CC. The average molecular weight is 247 g/mol. The topological polar surface area (TPSA) is 35.2 Å². The number of allylic oxidation sites excluding steroid dienone is 1. The quantitative estimate of drug-likeness (QED) is 0.562. The van der Waals surface area contributed by atoms with Crippen LogP contribution in [0.1, 0.15) is 37.3 Å². The van der Waals surface area contributed by atoms with Crippen LogP contribution in [0.3, 0.4) is 0 Å². The molecular weight excluding hydrogens is 222 g/mol. The van der Waals surface area contributed by atoms with Gasteiger partial charge in [-0.3, -0.25) is 0 Å². The minimum atomic E-state index is 0.210. The van der Waals surface area contributed by atoms with Crippen LogP contribution in [0.15, 0.2) is 30.9 Å². The van der Waals surface area contributed by atoms with Gasteiger partial charge in [-0.1, -0.05) is 31.2 Å². The van der Waals surface area contributed by atoms with Gasteiger partial charge in [0.15, 0.2) is 0 Å². The predicted octanol–water partition coefficient (Wildman–Crippen LogP) is 3.62. The second-order valence-electron chi connectivity index (χ2n) is 4.71. The van der Waals surface area contributed by atoms with E-state index in [-0.39, 0.29) is 6.04 Å². The van der Waals surface area contributed by atoms with Gasteiger partial charge in [0.25, 0.3) is 0 Å². The molecule has 0 fully saturated rings. The molecule has 2 nitrogen and oxygen atoms in total. The molecule has 0 bridgehead atoms. The van der Waals surface area contributed by atoms with E-state index in [0.29, 0.717) is 0 Å². The van der Waals surface area contributed by atoms with E-state index in [1.54, 1.807) is 0 Å². The van der Waals surface area contributed by atoms with Crippen molar-refractivity contribution in [1.82, 2.24) is 0 Å². The summed E-state index contributed by atoms with van der Waals surface area (Å²) in [5, 5.41) is 0. The lowest BCUT2D eigenvalue weighted by molar-refractivity contribution is 0.306. The second kappa shape index (κ2) is 7.93. The number of para-hydroxylation sites is 1. The van der Waals surface area contributed by atoms with Crippen LogP contribution in [0.4, 0.5) is 0 Å². The summed E-state index contributed by atoms with van der Waals surface area (Å²) in [5.41, 5.74) is 8.45. The third-order valence-corrected chi connectivity index (χ3v) is 3.10. The summed E-state index contributed by atoms with van der Waals surface area (Å²) in [4.78, 5) is 0. The van der Waals surface area contributed by atoms with Gasteiger partial charge in [0.1, 0.15) is 5.75 Å². The molecule has 0 aromatic heterocycles. The van der Waals surface area contributed by atoms with Gasteiger partial charge in [-0.2, -0.15) is 0 Å². The molecule has 0 aliphatic carbocycles. The maximum Gasteiger partial charge on any atom is 0.125 e. The van der Waals surface area contributed by atoms with Crippen LogP contribution >= 0.6 is 0 Å². The van der Waals surface area contributed by atoms with Crippen molar-refractivity contribution in [2.45, 2.75) is 45.6 Å². The van der Waals surface area contributed by atoms with Gasteiger partial charge in [0.05, 0.1) is 6.61 Å². The number of hydrogen-bond acceptors (Lipinski definition) is 2. The molecule has 2 heteroatoms. The summed E-state index contributed by atoms with van der Waals surface area (Å²) in [6, 6.07) is 6.49. The zero-order valence-corrected chi connectivity index (χ0v) is 11.6. The first kappa shape index (κ1) is 14.8. The van der Waals surface area contributed by atoms with Gasteiger partial charge in [-0.05, 0) is 43.7 Å². The number of unbranched alkanes of at least 4 members (excludes halogenated alkanes) is 1. The number of nitrogens with two attached hydrogens (primary N) is 1. The fourth-order valence-corrected chi connectivity index (χ4v) is 1.91. The van der Waals surface area contributed by atoms with E-state index in [1.165, 1.54) is 11.1 Å². The van der Waals surface area contributed by atoms with E-state index in [4.69, 9.17) is 10.5 Å². The molecule has 1 rings (SSSR count). The molecule has 0 aliphatic heterocycles. The molecule has 2 N–H and O–H groups in total. The van der Waals surface area contributed by atoms with Gasteiger partial charge in [-0.25, -0.2) is 0 Å². The van der Waals surface area contributed by atoms with Gasteiger partial charge in [0.2, 0.25) is 0 Å². The lowest BCUT2D eigenvalue weighted by Crippen LogP contribution is -2.22. The molecule has 1 aromatic rings. The molecule has 18 heavy (non-hydrogen) atoms. The highest BCUT2D eigenvalue weighted by Gasteiger charge is 2.09. The van der Waals surface area contributed by atoms with E-state index in [1.807, 2.05) is 6.08 Å². The van der Waals surface area contributed by atoms with Crippen molar-refractivity contribution in [2.75, 3.05) is 6.61 Å². The van der Waals surface area contributed by atoms with E-state index >= 15 is 0 Å². The van der Waals surface area contributed by atoms with E-state index in [2.05, 4.69) is 38.6 Å². The van der Waals surface area contributed by atoms with Gasteiger partial charge < -0.3 is 10.5 Å². The normalized spacial score (nSPS) is 12.2. The largest absolute Gasteiger partial charge is 0.493 e. The first-order valence-electron chi connectivity index (χ1n) is 6.76. The van der Waals surface area contributed by atoms with Crippen LogP contribution in [0.25, 0.3) is 0 Å². The predicted molar refractivity (Wildman–Crippen MR) is 78.1 cm³/mol. The Morgan fingerprint density at radius 1 is 1.44 bits per heavy atom. The minimum absolute atomic E-state index is 0.210. The standard InChI is InChI=1S/C16H25NO/c1-4-6-7-11-18-16-13(3)9-8-10-14(16)12-15(17)5-2/h4,8-10,15H,1,5-7,11-12,17H2,2-3H3. The molecule has 0 spiro atoms. The molecule has 100 valence electrons. The molecule has 0 saturated carbocycles. The van der Waals surface area contributed by atoms with E-state index < -0.39 is 0 Å². The Morgan fingerprint density at radius 3 is 2.89 bits per heavy atom. The Kier molecular flexibility index (Phi) is 6.51. The number of benzene rings is 1. The zero-order valence-electron chi connectivity index (χ0n) is 11.6. The maximum absolute atomic E-state index is 6.03. The Labute approximate surface area is 111 Å². The zero-order chi connectivity index (χ0) is 13.4. The molecular formula is C16H25NO. The number of aryl methyl sites for hydroxylation is 1. The summed E-state index contributed by atoms with van der Waals surface area (Å²) in [6.07, 6.45) is 5.81. The van der Waals surface area contributed by atoms with Gasteiger partial charge in [0, 0.05) is 6.04 Å². The molecule has 0 amide bonds. The summed E-state index contributed by atoms with van der Waals surface area (Å²) >= 11 is 0. The first-order valence-corrected chi connectivity index (χ1v) is 6.76. The van der Waals surface area contributed by atoms with Crippen LogP contribution in [0.5, 0.6) is 5.75 Å². The summed E-state index contributed by atoms with van der Waals surface area (Å²) in [7, 11) is 0. The lowest BCUT2D eigenvalue weighted by Gasteiger charge is -2.16. The number of ether oxygens (including phenoxy) is 1. The van der Waals surface area contributed by atoms with Crippen molar-refractivity contribution in [3.8, 4) is 5.75 Å². The van der Waals surface area contributed by atoms with Gasteiger partial charge >= 0.3 is 0 Å². The van der Waals surface area contributed by atoms with E-state index in [9.17, 15) is 0 Å². The molecule has 0 saturated heterocycles. The monoisotopic (exact) mass is 247 g/mol. The number of hydrogen-bond donors (Lipinski definition) is 1. The van der Waals surface area contributed by atoms with Crippen LogP contribution in [-0.4, -0.2) is 12.6 Å². The molecule has 1 unspecified atom stereocenters. The second-order valence-corrected chi connectivity index (χ2v) is 4.71. The van der Waals surface area contributed by atoms with E-state index in [0.717, 1.165) is 38.0 Å². The van der Waals surface area contributed by atoms with Gasteiger partial charge in [-0.15, -0.1) is 6.58 Å². The van der Waals surface area contributed by atoms with Crippen LogP contribution in [-0.2, 0) is 6.42 Å². The summed E-state index contributed by atoms with van der Waals surface area (Å²) in [5.74, 6) is 1.02. The highest BCUT2D eigenvalue weighted by atomic mass is 16.5. The highest BCUT2D eigenvalue weighted by molar-refractivity contribution is 5.41. The van der Waals surface area contributed by atoms with Crippen molar-refractivity contribution < 1.29 is 4.74 Å². The van der Waals surface area contributed by atoms with Crippen molar-refractivity contribution in [3.05, 3.63) is 42.0 Å². The average Bonchev–Trinajstić information content (AvgIpc) is 2.37. The third-order valence-electron chi connectivity index (χ3n) is 3.10. The first-order chi connectivity index (χ1) is 8.69. The fraction of sp³-hybridized carbons (Fsp3) is 0.500. The Hall–Kier alpha value is -1.28. The summed E-state index contributed by atoms with van der Waals surface area (Å²) < 4.78 is 5.91. The molecule has 0 radical (unpaired) electrons. The molecule has 0 heterocycles. The van der Waals surface area contributed by atoms with Crippen molar-refractivity contribution in [2.24, 2.45) is 5.73 Å². The fourth-order valence-electron chi connectivity index (χ4n) is 1.91.